The predicted molar refractivity (Wildman–Crippen MR) is 82.2 cm³/mol. The van der Waals surface area contributed by atoms with Gasteiger partial charge in [-0.05, 0) is 30.5 Å². The maximum Gasteiger partial charge on any atom is 0.309 e. The lowest BCUT2D eigenvalue weighted by Gasteiger charge is -2.29. The molecular weight excluding hydrogens is 298 g/mol. The molecule has 6 heteroatoms. The summed E-state index contributed by atoms with van der Waals surface area (Å²) in [4.78, 5) is 25.6. The first-order valence-corrected chi connectivity index (χ1v) is 7.88. The molecular formula is C17H21NO5. The Morgan fingerprint density at radius 1 is 1.39 bits per heavy atom. The number of benzene rings is 1. The largest absolute Gasteiger partial charge is 0.497 e. The van der Waals surface area contributed by atoms with Crippen molar-refractivity contribution in [1.82, 2.24) is 4.90 Å². The number of hydrogen-bond donors (Lipinski definition) is 1. The Morgan fingerprint density at radius 3 is 2.70 bits per heavy atom. The fraction of sp³-hybridized carbons (Fsp3) is 0.529. The van der Waals surface area contributed by atoms with Crippen molar-refractivity contribution in [2.75, 3.05) is 20.3 Å². The molecule has 3 rings (SSSR count). The number of aliphatic carboxylic acids is 1. The number of rotatable bonds is 5. The molecule has 1 aromatic rings. The fourth-order valence-corrected chi connectivity index (χ4v) is 3.45. The predicted octanol–water partition coefficient (Wildman–Crippen LogP) is 1.85. The molecule has 0 unspecified atom stereocenters. The molecule has 2 saturated heterocycles. The minimum absolute atomic E-state index is 0.00671. The highest BCUT2D eigenvalue weighted by Gasteiger charge is 2.45. The van der Waals surface area contributed by atoms with Crippen LogP contribution in [0.4, 0.5) is 0 Å². The Kier molecular flexibility index (Phi) is 4.52. The molecule has 2 aliphatic heterocycles. The summed E-state index contributed by atoms with van der Waals surface area (Å²) in [5.74, 6) is -1.07. The van der Waals surface area contributed by atoms with E-state index < -0.39 is 17.9 Å². The molecule has 1 aromatic carbocycles. The molecule has 0 saturated carbocycles. The van der Waals surface area contributed by atoms with E-state index in [0.717, 1.165) is 18.4 Å². The number of amides is 1. The van der Waals surface area contributed by atoms with Gasteiger partial charge in [-0.2, -0.15) is 0 Å². The lowest BCUT2D eigenvalue weighted by molar-refractivity contribution is -0.142. The summed E-state index contributed by atoms with van der Waals surface area (Å²) in [6, 6.07) is 6.80. The lowest BCUT2D eigenvalue weighted by Crippen LogP contribution is -2.36. The van der Waals surface area contributed by atoms with Gasteiger partial charge in [-0.25, -0.2) is 0 Å². The van der Waals surface area contributed by atoms with Crippen molar-refractivity contribution in [2.24, 2.45) is 5.92 Å². The molecule has 3 atom stereocenters. The van der Waals surface area contributed by atoms with Gasteiger partial charge in [0, 0.05) is 19.6 Å². The molecule has 124 valence electrons. The molecule has 2 fully saturated rings. The van der Waals surface area contributed by atoms with E-state index in [9.17, 15) is 14.7 Å². The van der Waals surface area contributed by atoms with Crippen LogP contribution in [0.15, 0.2) is 24.3 Å². The zero-order valence-electron chi connectivity index (χ0n) is 13.1. The number of carboxylic acid groups (broad SMARTS) is 1. The van der Waals surface area contributed by atoms with Crippen molar-refractivity contribution in [3.05, 3.63) is 29.8 Å². The summed E-state index contributed by atoms with van der Waals surface area (Å²) in [7, 11) is 1.58. The van der Waals surface area contributed by atoms with Gasteiger partial charge >= 0.3 is 5.97 Å². The van der Waals surface area contributed by atoms with E-state index in [0.29, 0.717) is 18.9 Å². The number of likely N-dealkylation sites (tertiary alicyclic amines) is 1. The first-order chi connectivity index (χ1) is 11.1. The molecule has 2 heterocycles. The van der Waals surface area contributed by atoms with Crippen molar-refractivity contribution in [1.29, 1.82) is 0 Å². The highest BCUT2D eigenvalue weighted by molar-refractivity contribution is 5.87. The number of carbonyl (C=O) groups is 2. The Labute approximate surface area is 135 Å². The van der Waals surface area contributed by atoms with Crippen LogP contribution in [-0.2, 0) is 14.3 Å². The topological polar surface area (TPSA) is 76.1 Å². The van der Waals surface area contributed by atoms with E-state index >= 15 is 0 Å². The molecule has 0 bridgehead atoms. The highest BCUT2D eigenvalue weighted by Crippen LogP contribution is 2.39. The molecule has 2 aliphatic rings. The van der Waals surface area contributed by atoms with E-state index in [1.54, 1.807) is 24.1 Å². The Morgan fingerprint density at radius 2 is 2.13 bits per heavy atom. The maximum atomic E-state index is 12.4. The maximum absolute atomic E-state index is 12.4. The number of ether oxygens (including phenoxy) is 2. The van der Waals surface area contributed by atoms with Crippen molar-refractivity contribution < 1.29 is 24.2 Å². The normalized spacial score (nSPS) is 27.4. The first-order valence-electron chi connectivity index (χ1n) is 7.88. The lowest BCUT2D eigenvalue weighted by atomic mass is 9.93. The number of hydrogen-bond acceptors (Lipinski definition) is 4. The van der Waals surface area contributed by atoms with Crippen LogP contribution in [0.2, 0.25) is 0 Å². The van der Waals surface area contributed by atoms with Crippen molar-refractivity contribution in [2.45, 2.75) is 31.4 Å². The van der Waals surface area contributed by atoms with Gasteiger partial charge in [-0.1, -0.05) is 12.1 Å². The molecule has 0 spiro atoms. The SMILES string of the molecule is COc1ccc([C@@H]2[C@@H](C(=O)O)CC(=O)N2C[C@@H]2CCCO2)cc1. The Balaban J connectivity index is 1.87. The Hall–Kier alpha value is -2.08. The van der Waals surface area contributed by atoms with Crippen molar-refractivity contribution in [3.8, 4) is 5.75 Å². The molecule has 0 aromatic heterocycles. The summed E-state index contributed by atoms with van der Waals surface area (Å²) < 4.78 is 10.8. The summed E-state index contributed by atoms with van der Waals surface area (Å²) in [5.41, 5.74) is 0.821. The third-order valence-corrected chi connectivity index (χ3v) is 4.63. The fourth-order valence-electron chi connectivity index (χ4n) is 3.45. The summed E-state index contributed by atoms with van der Waals surface area (Å²) >= 11 is 0. The van der Waals surface area contributed by atoms with E-state index in [1.165, 1.54) is 0 Å². The van der Waals surface area contributed by atoms with Gasteiger partial charge in [0.2, 0.25) is 5.91 Å². The highest BCUT2D eigenvalue weighted by atomic mass is 16.5. The van der Waals surface area contributed by atoms with Gasteiger partial charge in [0.25, 0.3) is 0 Å². The number of methoxy groups -OCH3 is 1. The van der Waals surface area contributed by atoms with Gasteiger partial charge < -0.3 is 19.5 Å². The zero-order valence-corrected chi connectivity index (χ0v) is 13.1. The average molecular weight is 319 g/mol. The van der Waals surface area contributed by atoms with Crippen LogP contribution in [0.1, 0.15) is 30.9 Å². The first kappa shape index (κ1) is 15.8. The van der Waals surface area contributed by atoms with Gasteiger partial charge in [0.15, 0.2) is 0 Å². The van der Waals surface area contributed by atoms with Crippen LogP contribution in [0.25, 0.3) is 0 Å². The van der Waals surface area contributed by atoms with Crippen LogP contribution in [-0.4, -0.2) is 48.2 Å². The molecule has 0 radical (unpaired) electrons. The smallest absolute Gasteiger partial charge is 0.309 e. The third kappa shape index (κ3) is 3.17. The third-order valence-electron chi connectivity index (χ3n) is 4.63. The van der Waals surface area contributed by atoms with E-state index in [4.69, 9.17) is 9.47 Å². The standard InChI is InChI=1S/C17H21NO5/c1-22-12-6-4-11(5-7-12)16-14(17(20)21)9-15(19)18(16)10-13-3-2-8-23-13/h4-7,13-14,16H,2-3,8-10H2,1H3,(H,20,21)/t13-,14-,16+/m0/s1. The molecule has 1 N–H and O–H groups in total. The van der Waals surface area contributed by atoms with E-state index in [1.807, 2.05) is 12.1 Å². The van der Waals surface area contributed by atoms with Gasteiger partial charge in [-0.15, -0.1) is 0 Å². The van der Waals surface area contributed by atoms with Gasteiger partial charge in [0.05, 0.1) is 25.2 Å². The summed E-state index contributed by atoms with van der Waals surface area (Å²) in [6.45, 7) is 1.17. The summed E-state index contributed by atoms with van der Waals surface area (Å²) in [5, 5.41) is 9.51. The number of carbonyl (C=O) groups excluding carboxylic acids is 1. The summed E-state index contributed by atoms with van der Waals surface area (Å²) in [6.07, 6.45) is 1.95. The van der Waals surface area contributed by atoms with Crippen LogP contribution in [0, 0.1) is 5.92 Å². The van der Waals surface area contributed by atoms with Crippen LogP contribution < -0.4 is 4.74 Å². The molecule has 1 amide bonds. The van der Waals surface area contributed by atoms with Gasteiger partial charge in [-0.3, -0.25) is 9.59 Å². The van der Waals surface area contributed by atoms with E-state index in [-0.39, 0.29) is 18.4 Å². The second-order valence-electron chi connectivity index (χ2n) is 6.05. The van der Waals surface area contributed by atoms with Crippen LogP contribution in [0.3, 0.4) is 0 Å². The van der Waals surface area contributed by atoms with Crippen LogP contribution in [0.5, 0.6) is 5.75 Å². The zero-order chi connectivity index (χ0) is 16.4. The quantitative estimate of drug-likeness (QED) is 0.896. The second kappa shape index (κ2) is 6.58. The van der Waals surface area contributed by atoms with Crippen LogP contribution >= 0.6 is 0 Å². The monoisotopic (exact) mass is 319 g/mol. The molecule has 23 heavy (non-hydrogen) atoms. The second-order valence-corrected chi connectivity index (χ2v) is 6.05. The average Bonchev–Trinajstić information content (AvgIpc) is 3.17. The van der Waals surface area contributed by atoms with E-state index in [2.05, 4.69) is 0 Å². The molecule has 0 aliphatic carbocycles. The van der Waals surface area contributed by atoms with Crippen molar-refractivity contribution in [3.63, 3.8) is 0 Å². The molecule has 6 nitrogen and oxygen atoms in total. The Bertz CT molecular complexity index is 579. The number of nitrogens with zero attached hydrogens (tertiary/aromatic N) is 1. The number of carboxylic acids is 1. The van der Waals surface area contributed by atoms with Crippen molar-refractivity contribution >= 4 is 11.9 Å². The minimum atomic E-state index is -0.936. The van der Waals surface area contributed by atoms with Gasteiger partial charge in [0.1, 0.15) is 5.75 Å². The minimum Gasteiger partial charge on any atom is -0.497 e.